The fraction of sp³-hybridized carbons (Fsp3) is 0.308. The molecule has 1 atom stereocenters. The summed E-state index contributed by atoms with van der Waals surface area (Å²) in [5, 5.41) is 2.75. The van der Waals surface area contributed by atoms with E-state index in [4.69, 9.17) is 0 Å². The topological polar surface area (TPSA) is 94.0 Å². The summed E-state index contributed by atoms with van der Waals surface area (Å²) in [6.07, 6.45) is 6.95. The number of imidazole rings is 1. The summed E-state index contributed by atoms with van der Waals surface area (Å²) in [7, 11) is -3.01. The van der Waals surface area contributed by atoms with E-state index < -0.39 is 9.84 Å². The van der Waals surface area contributed by atoms with Crippen LogP contribution in [0.1, 0.15) is 16.8 Å². The molecule has 1 saturated heterocycles. The Labute approximate surface area is 122 Å². The van der Waals surface area contributed by atoms with Gasteiger partial charge in [0.1, 0.15) is 12.1 Å². The molecule has 8 heteroatoms. The van der Waals surface area contributed by atoms with E-state index >= 15 is 0 Å². The van der Waals surface area contributed by atoms with Crippen LogP contribution in [0.4, 0.5) is 0 Å². The van der Waals surface area contributed by atoms with Crippen LogP contribution < -0.4 is 5.32 Å². The van der Waals surface area contributed by atoms with Gasteiger partial charge in [-0.1, -0.05) is 0 Å². The lowest BCUT2D eigenvalue weighted by Crippen LogP contribution is -2.35. The van der Waals surface area contributed by atoms with Gasteiger partial charge in [-0.15, -0.1) is 0 Å². The summed E-state index contributed by atoms with van der Waals surface area (Å²) in [5.41, 5.74) is 0.443. The number of pyridine rings is 1. The van der Waals surface area contributed by atoms with Crippen molar-refractivity contribution in [3.8, 4) is 5.82 Å². The van der Waals surface area contributed by atoms with Gasteiger partial charge in [0, 0.05) is 30.2 Å². The van der Waals surface area contributed by atoms with Gasteiger partial charge < -0.3 is 5.32 Å². The molecule has 21 heavy (non-hydrogen) atoms. The first-order valence-corrected chi connectivity index (χ1v) is 8.31. The van der Waals surface area contributed by atoms with E-state index in [1.807, 2.05) is 0 Å². The number of rotatable bonds is 3. The molecule has 0 bridgehead atoms. The lowest BCUT2D eigenvalue weighted by molar-refractivity contribution is 0.0941. The van der Waals surface area contributed by atoms with Crippen molar-refractivity contribution in [2.24, 2.45) is 0 Å². The highest BCUT2D eigenvalue weighted by molar-refractivity contribution is 7.91. The van der Waals surface area contributed by atoms with Crippen LogP contribution >= 0.6 is 0 Å². The van der Waals surface area contributed by atoms with Gasteiger partial charge in [0.2, 0.25) is 0 Å². The first kappa shape index (κ1) is 13.7. The molecule has 7 nitrogen and oxygen atoms in total. The smallest absolute Gasteiger partial charge is 0.251 e. The number of hydrogen-bond acceptors (Lipinski definition) is 5. The van der Waals surface area contributed by atoms with E-state index in [2.05, 4.69) is 15.3 Å². The lowest BCUT2D eigenvalue weighted by Gasteiger charge is -2.11. The Hall–Kier alpha value is -2.22. The first-order valence-electron chi connectivity index (χ1n) is 6.49. The van der Waals surface area contributed by atoms with E-state index in [9.17, 15) is 13.2 Å². The van der Waals surface area contributed by atoms with Gasteiger partial charge in [-0.3, -0.25) is 9.36 Å². The second kappa shape index (κ2) is 5.28. The van der Waals surface area contributed by atoms with Crippen molar-refractivity contribution in [2.75, 3.05) is 11.5 Å². The van der Waals surface area contributed by atoms with Crippen LogP contribution in [-0.4, -0.2) is 46.4 Å². The Morgan fingerprint density at radius 2 is 2.24 bits per heavy atom. The zero-order chi connectivity index (χ0) is 14.9. The molecule has 0 aliphatic carbocycles. The summed E-state index contributed by atoms with van der Waals surface area (Å²) in [6, 6.07) is 2.92. The predicted octanol–water partition coefficient (Wildman–Crippen LogP) is 0.184. The van der Waals surface area contributed by atoms with Crippen molar-refractivity contribution < 1.29 is 13.2 Å². The van der Waals surface area contributed by atoms with E-state index in [0.29, 0.717) is 17.8 Å². The van der Waals surface area contributed by atoms with Crippen molar-refractivity contribution in [1.82, 2.24) is 19.9 Å². The number of hydrogen-bond donors (Lipinski definition) is 1. The lowest BCUT2D eigenvalue weighted by atomic mass is 10.2. The number of aromatic nitrogens is 3. The van der Waals surface area contributed by atoms with Crippen LogP contribution in [0.5, 0.6) is 0 Å². The maximum absolute atomic E-state index is 12.2. The molecule has 1 fully saturated rings. The third kappa shape index (κ3) is 3.10. The van der Waals surface area contributed by atoms with E-state index in [0.717, 1.165) is 0 Å². The van der Waals surface area contributed by atoms with Crippen molar-refractivity contribution >= 4 is 15.7 Å². The number of amides is 1. The minimum atomic E-state index is -3.01. The molecule has 110 valence electrons. The molecule has 1 unspecified atom stereocenters. The van der Waals surface area contributed by atoms with Crippen LogP contribution in [0.2, 0.25) is 0 Å². The van der Waals surface area contributed by atoms with Crippen LogP contribution in [0, 0.1) is 0 Å². The number of sulfone groups is 1. The third-order valence-electron chi connectivity index (χ3n) is 3.34. The van der Waals surface area contributed by atoms with Crippen molar-refractivity contribution in [3.63, 3.8) is 0 Å². The van der Waals surface area contributed by atoms with Gasteiger partial charge in [0.05, 0.1) is 11.5 Å². The highest BCUT2D eigenvalue weighted by Gasteiger charge is 2.29. The molecule has 2 aromatic heterocycles. The minimum Gasteiger partial charge on any atom is -0.348 e. The second-order valence-electron chi connectivity index (χ2n) is 4.95. The predicted molar refractivity (Wildman–Crippen MR) is 75.9 cm³/mol. The maximum Gasteiger partial charge on any atom is 0.251 e. The van der Waals surface area contributed by atoms with Gasteiger partial charge in [-0.2, -0.15) is 0 Å². The van der Waals surface area contributed by atoms with Crippen molar-refractivity contribution in [3.05, 3.63) is 42.6 Å². The zero-order valence-electron chi connectivity index (χ0n) is 11.1. The Kier molecular flexibility index (Phi) is 3.46. The van der Waals surface area contributed by atoms with Gasteiger partial charge in [0.25, 0.3) is 5.91 Å². The van der Waals surface area contributed by atoms with Crippen molar-refractivity contribution in [1.29, 1.82) is 0 Å². The monoisotopic (exact) mass is 306 g/mol. The molecule has 2 aromatic rings. The molecule has 3 rings (SSSR count). The second-order valence-corrected chi connectivity index (χ2v) is 7.17. The number of nitrogens with zero attached hydrogens (tertiary/aromatic N) is 3. The molecule has 0 saturated carbocycles. The molecular formula is C13H14N4O3S. The fourth-order valence-corrected chi connectivity index (χ4v) is 3.95. The molecule has 3 heterocycles. The van der Waals surface area contributed by atoms with Crippen LogP contribution in [0.25, 0.3) is 5.82 Å². The van der Waals surface area contributed by atoms with Crippen LogP contribution in [0.15, 0.2) is 37.1 Å². The Morgan fingerprint density at radius 1 is 1.38 bits per heavy atom. The highest BCUT2D eigenvalue weighted by atomic mass is 32.2. The molecular weight excluding hydrogens is 292 g/mol. The third-order valence-corrected chi connectivity index (χ3v) is 5.11. The average Bonchev–Trinajstić information content (AvgIpc) is 3.09. The standard InChI is InChI=1S/C13H14N4O3S/c18-13(16-11-2-6-21(19,20)8-11)10-1-3-15-12(7-10)17-5-4-14-9-17/h1,3-5,7,9,11H,2,6,8H2,(H,16,18). The molecule has 0 radical (unpaired) electrons. The van der Waals surface area contributed by atoms with Gasteiger partial charge >= 0.3 is 0 Å². The summed E-state index contributed by atoms with van der Waals surface area (Å²) >= 11 is 0. The number of carbonyl (C=O) groups excluding carboxylic acids is 1. The minimum absolute atomic E-state index is 0.0121. The largest absolute Gasteiger partial charge is 0.348 e. The van der Waals surface area contributed by atoms with Gasteiger partial charge in [0.15, 0.2) is 9.84 Å². The maximum atomic E-state index is 12.2. The van der Waals surface area contributed by atoms with E-state index in [1.54, 1.807) is 35.4 Å². The van der Waals surface area contributed by atoms with E-state index in [-0.39, 0.29) is 23.5 Å². The first-order chi connectivity index (χ1) is 10.0. The Bertz CT molecular complexity index is 755. The summed E-state index contributed by atoms with van der Waals surface area (Å²) < 4.78 is 24.5. The summed E-state index contributed by atoms with van der Waals surface area (Å²) in [4.78, 5) is 20.3. The van der Waals surface area contributed by atoms with Gasteiger partial charge in [-0.25, -0.2) is 18.4 Å². The summed E-state index contributed by atoms with van der Waals surface area (Å²) in [6.45, 7) is 0. The van der Waals surface area contributed by atoms with Crippen molar-refractivity contribution in [2.45, 2.75) is 12.5 Å². The summed E-state index contributed by atoms with van der Waals surface area (Å²) in [5.74, 6) is 0.437. The Balaban J connectivity index is 1.75. The Morgan fingerprint density at radius 3 is 2.90 bits per heavy atom. The molecule has 1 aliphatic heterocycles. The number of nitrogens with one attached hydrogen (secondary N) is 1. The van der Waals surface area contributed by atoms with Crippen LogP contribution in [-0.2, 0) is 9.84 Å². The normalized spacial score (nSPS) is 20.3. The number of carbonyl (C=O) groups is 1. The zero-order valence-corrected chi connectivity index (χ0v) is 12.0. The fourth-order valence-electron chi connectivity index (χ4n) is 2.27. The van der Waals surface area contributed by atoms with E-state index in [1.165, 1.54) is 6.20 Å². The molecule has 1 N–H and O–H groups in total. The molecule has 0 aromatic carbocycles. The average molecular weight is 306 g/mol. The SMILES string of the molecule is O=C(NC1CCS(=O)(=O)C1)c1ccnc(-n2ccnc2)c1. The molecule has 1 amide bonds. The van der Waals surface area contributed by atoms with Gasteiger partial charge in [-0.05, 0) is 18.6 Å². The molecule has 0 spiro atoms. The molecule has 1 aliphatic rings. The van der Waals surface area contributed by atoms with Crippen LogP contribution in [0.3, 0.4) is 0 Å². The quantitative estimate of drug-likeness (QED) is 0.873. The highest BCUT2D eigenvalue weighted by Crippen LogP contribution is 2.13.